The second-order valence-electron chi connectivity index (χ2n) is 4.54. The molecule has 3 nitrogen and oxygen atoms in total. The standard InChI is InChI=1S/C15H20N2O/c1-4-10-17-15(18)12(5-2)14(16-17)13-9-7-6-8-11(13)3/h6-9,18H,4-5,10H2,1-3H3. The summed E-state index contributed by atoms with van der Waals surface area (Å²) in [6.07, 6.45) is 1.75. The van der Waals surface area contributed by atoms with E-state index < -0.39 is 0 Å². The van der Waals surface area contributed by atoms with E-state index in [0.29, 0.717) is 5.88 Å². The van der Waals surface area contributed by atoms with Crippen LogP contribution in [0.1, 0.15) is 31.4 Å². The van der Waals surface area contributed by atoms with Gasteiger partial charge in [0.15, 0.2) is 0 Å². The molecular weight excluding hydrogens is 224 g/mol. The van der Waals surface area contributed by atoms with Crippen LogP contribution in [-0.4, -0.2) is 14.9 Å². The molecule has 0 saturated carbocycles. The number of rotatable bonds is 4. The second kappa shape index (κ2) is 5.25. The third-order valence-electron chi connectivity index (χ3n) is 3.21. The zero-order valence-electron chi connectivity index (χ0n) is 11.3. The average molecular weight is 244 g/mol. The van der Waals surface area contributed by atoms with E-state index in [1.165, 1.54) is 5.56 Å². The molecule has 0 aliphatic carbocycles. The van der Waals surface area contributed by atoms with Crippen LogP contribution < -0.4 is 0 Å². The van der Waals surface area contributed by atoms with E-state index >= 15 is 0 Å². The molecule has 1 aromatic carbocycles. The molecule has 2 aromatic rings. The third-order valence-corrected chi connectivity index (χ3v) is 3.21. The zero-order chi connectivity index (χ0) is 13.1. The molecule has 0 aliphatic rings. The number of aromatic nitrogens is 2. The van der Waals surface area contributed by atoms with Crippen molar-refractivity contribution < 1.29 is 5.11 Å². The van der Waals surface area contributed by atoms with Crippen LogP contribution in [0.25, 0.3) is 11.3 Å². The summed E-state index contributed by atoms with van der Waals surface area (Å²) < 4.78 is 1.71. The maximum atomic E-state index is 10.2. The van der Waals surface area contributed by atoms with Crippen LogP contribution in [0.2, 0.25) is 0 Å². The molecular formula is C15H20N2O. The molecule has 0 amide bonds. The van der Waals surface area contributed by atoms with Crippen molar-refractivity contribution in [3.63, 3.8) is 0 Å². The minimum absolute atomic E-state index is 0.317. The van der Waals surface area contributed by atoms with E-state index in [2.05, 4.69) is 38.0 Å². The molecule has 0 saturated heterocycles. The molecule has 18 heavy (non-hydrogen) atoms. The van der Waals surface area contributed by atoms with Crippen LogP contribution in [0.5, 0.6) is 5.88 Å². The van der Waals surface area contributed by atoms with Crippen molar-refractivity contribution in [1.82, 2.24) is 9.78 Å². The summed E-state index contributed by atoms with van der Waals surface area (Å²) in [5, 5.41) is 14.8. The van der Waals surface area contributed by atoms with Crippen LogP contribution in [0.4, 0.5) is 0 Å². The number of benzene rings is 1. The van der Waals surface area contributed by atoms with Crippen LogP contribution in [0.15, 0.2) is 24.3 Å². The Bertz CT molecular complexity index is 543. The number of aromatic hydroxyl groups is 1. The second-order valence-corrected chi connectivity index (χ2v) is 4.54. The lowest BCUT2D eigenvalue weighted by Gasteiger charge is -2.03. The summed E-state index contributed by atoms with van der Waals surface area (Å²) in [6.45, 7) is 6.96. The van der Waals surface area contributed by atoms with Crippen LogP contribution >= 0.6 is 0 Å². The Balaban J connectivity index is 2.57. The van der Waals surface area contributed by atoms with Crippen molar-refractivity contribution in [3.05, 3.63) is 35.4 Å². The van der Waals surface area contributed by atoms with Gasteiger partial charge in [-0.1, -0.05) is 38.1 Å². The predicted octanol–water partition coefficient (Wildman–Crippen LogP) is 3.54. The van der Waals surface area contributed by atoms with Gasteiger partial charge in [0, 0.05) is 17.7 Å². The van der Waals surface area contributed by atoms with Crippen LogP contribution in [0, 0.1) is 6.92 Å². The average Bonchev–Trinajstić information content (AvgIpc) is 2.67. The van der Waals surface area contributed by atoms with Gasteiger partial charge in [-0.3, -0.25) is 0 Å². The fourth-order valence-electron chi connectivity index (χ4n) is 2.24. The van der Waals surface area contributed by atoms with Crippen molar-refractivity contribution in [2.75, 3.05) is 0 Å². The Morgan fingerprint density at radius 3 is 2.56 bits per heavy atom. The normalized spacial score (nSPS) is 10.8. The van der Waals surface area contributed by atoms with Gasteiger partial charge in [0.2, 0.25) is 5.88 Å². The van der Waals surface area contributed by atoms with Crippen molar-refractivity contribution in [1.29, 1.82) is 0 Å². The predicted molar refractivity (Wildman–Crippen MR) is 73.7 cm³/mol. The highest BCUT2D eigenvalue weighted by atomic mass is 16.3. The lowest BCUT2D eigenvalue weighted by molar-refractivity contribution is 0.393. The Hall–Kier alpha value is -1.77. The van der Waals surface area contributed by atoms with Gasteiger partial charge in [0.05, 0.1) is 5.69 Å². The highest BCUT2D eigenvalue weighted by Crippen LogP contribution is 2.32. The Kier molecular flexibility index (Phi) is 3.70. The minimum Gasteiger partial charge on any atom is -0.493 e. The summed E-state index contributed by atoms with van der Waals surface area (Å²) in [5.41, 5.74) is 4.16. The molecule has 0 spiro atoms. The van der Waals surface area contributed by atoms with Crippen molar-refractivity contribution >= 4 is 0 Å². The van der Waals surface area contributed by atoms with Gasteiger partial charge in [-0.25, -0.2) is 4.68 Å². The molecule has 2 rings (SSSR count). The van der Waals surface area contributed by atoms with Gasteiger partial charge in [-0.2, -0.15) is 5.10 Å². The highest BCUT2D eigenvalue weighted by Gasteiger charge is 2.17. The summed E-state index contributed by atoms with van der Waals surface area (Å²) in [6, 6.07) is 8.17. The first-order valence-electron chi connectivity index (χ1n) is 6.53. The van der Waals surface area contributed by atoms with E-state index in [-0.39, 0.29) is 0 Å². The summed E-state index contributed by atoms with van der Waals surface area (Å²) in [5.74, 6) is 0.317. The quantitative estimate of drug-likeness (QED) is 0.893. The SMILES string of the molecule is CCCn1nc(-c2ccccc2C)c(CC)c1O. The van der Waals surface area contributed by atoms with Gasteiger partial charge in [0.25, 0.3) is 0 Å². The summed E-state index contributed by atoms with van der Waals surface area (Å²) >= 11 is 0. The van der Waals surface area contributed by atoms with Crippen molar-refractivity contribution in [2.45, 2.75) is 40.2 Å². The molecule has 0 bridgehead atoms. The Morgan fingerprint density at radius 2 is 1.94 bits per heavy atom. The number of hydrogen-bond acceptors (Lipinski definition) is 2. The van der Waals surface area contributed by atoms with Gasteiger partial charge in [-0.15, -0.1) is 0 Å². The number of nitrogens with zero attached hydrogens (tertiary/aromatic N) is 2. The van der Waals surface area contributed by atoms with Gasteiger partial charge < -0.3 is 5.11 Å². The summed E-state index contributed by atoms with van der Waals surface area (Å²) in [7, 11) is 0. The highest BCUT2D eigenvalue weighted by molar-refractivity contribution is 5.68. The fourth-order valence-corrected chi connectivity index (χ4v) is 2.24. The maximum absolute atomic E-state index is 10.2. The van der Waals surface area contributed by atoms with Crippen molar-refractivity contribution in [2.24, 2.45) is 0 Å². The smallest absolute Gasteiger partial charge is 0.213 e. The van der Waals surface area contributed by atoms with Crippen LogP contribution in [0.3, 0.4) is 0 Å². The molecule has 0 aliphatic heterocycles. The molecule has 0 radical (unpaired) electrons. The van der Waals surface area contributed by atoms with E-state index in [4.69, 9.17) is 0 Å². The van der Waals surface area contributed by atoms with Gasteiger partial charge in [-0.05, 0) is 25.3 Å². The molecule has 1 N–H and O–H groups in total. The first kappa shape index (κ1) is 12.7. The summed E-state index contributed by atoms with van der Waals surface area (Å²) in [4.78, 5) is 0. The molecule has 0 unspecified atom stereocenters. The maximum Gasteiger partial charge on any atom is 0.213 e. The number of aryl methyl sites for hydroxylation is 2. The molecule has 1 aromatic heterocycles. The molecule has 1 heterocycles. The fraction of sp³-hybridized carbons (Fsp3) is 0.400. The third kappa shape index (κ3) is 2.13. The monoisotopic (exact) mass is 244 g/mol. The van der Waals surface area contributed by atoms with Gasteiger partial charge >= 0.3 is 0 Å². The minimum atomic E-state index is 0.317. The van der Waals surface area contributed by atoms with Gasteiger partial charge in [0.1, 0.15) is 0 Å². The van der Waals surface area contributed by atoms with Crippen molar-refractivity contribution in [3.8, 4) is 17.1 Å². The molecule has 3 heteroatoms. The van der Waals surface area contributed by atoms with E-state index in [1.54, 1.807) is 4.68 Å². The zero-order valence-corrected chi connectivity index (χ0v) is 11.3. The number of hydrogen-bond donors (Lipinski definition) is 1. The lowest BCUT2D eigenvalue weighted by Crippen LogP contribution is -1.98. The first-order chi connectivity index (χ1) is 8.69. The molecule has 0 atom stereocenters. The van der Waals surface area contributed by atoms with Crippen LogP contribution in [-0.2, 0) is 13.0 Å². The Morgan fingerprint density at radius 1 is 1.22 bits per heavy atom. The largest absolute Gasteiger partial charge is 0.493 e. The van der Waals surface area contributed by atoms with E-state index in [0.717, 1.165) is 36.2 Å². The lowest BCUT2D eigenvalue weighted by atomic mass is 10.0. The first-order valence-corrected chi connectivity index (χ1v) is 6.53. The molecule has 0 fully saturated rings. The topological polar surface area (TPSA) is 38.0 Å². The Labute approximate surface area is 108 Å². The molecule has 96 valence electrons. The van der Waals surface area contributed by atoms with E-state index in [1.807, 2.05) is 12.1 Å². The van der Waals surface area contributed by atoms with E-state index in [9.17, 15) is 5.11 Å².